The largest absolute Gasteiger partial charge is 0.486 e. The molecule has 0 aliphatic carbocycles. The summed E-state index contributed by atoms with van der Waals surface area (Å²) in [5.74, 6) is 1.74. The van der Waals surface area contributed by atoms with Gasteiger partial charge in [0.15, 0.2) is 0 Å². The fraction of sp³-hybridized carbons (Fsp3) is 0.278. The second kappa shape index (κ2) is 5.24. The monoisotopic (exact) mass is 280 g/mol. The highest BCUT2D eigenvalue weighted by molar-refractivity contribution is 5.77. The van der Waals surface area contributed by atoms with E-state index < -0.39 is 0 Å². The maximum absolute atomic E-state index is 5.85. The van der Waals surface area contributed by atoms with Gasteiger partial charge in [-0.2, -0.15) is 0 Å². The van der Waals surface area contributed by atoms with Gasteiger partial charge >= 0.3 is 0 Å². The van der Waals surface area contributed by atoms with E-state index in [1.165, 1.54) is 22.3 Å². The molecular weight excluding hydrogens is 260 g/mol. The van der Waals surface area contributed by atoms with E-state index in [1.54, 1.807) is 0 Å². The molecule has 1 N–H and O–H groups in total. The number of H-pyrrole nitrogens is 1. The van der Waals surface area contributed by atoms with Crippen LogP contribution in [0.3, 0.4) is 0 Å². The van der Waals surface area contributed by atoms with Crippen LogP contribution in [0, 0.1) is 27.7 Å². The molecule has 3 nitrogen and oxygen atoms in total. The Balaban J connectivity index is 1.81. The highest BCUT2D eigenvalue weighted by Gasteiger charge is 2.06. The Kier molecular flexibility index (Phi) is 3.42. The van der Waals surface area contributed by atoms with Crippen molar-refractivity contribution in [2.75, 3.05) is 0 Å². The number of fused-ring (bicyclic) bond motifs is 1. The molecule has 0 aliphatic rings. The Morgan fingerprint density at radius 2 is 1.57 bits per heavy atom. The van der Waals surface area contributed by atoms with Gasteiger partial charge in [0.1, 0.15) is 18.2 Å². The van der Waals surface area contributed by atoms with Crippen molar-refractivity contribution in [3.05, 3.63) is 58.4 Å². The molecule has 0 saturated heterocycles. The van der Waals surface area contributed by atoms with Crippen LogP contribution in [0.5, 0.6) is 5.75 Å². The van der Waals surface area contributed by atoms with E-state index in [2.05, 4.69) is 55.9 Å². The van der Waals surface area contributed by atoms with E-state index in [-0.39, 0.29) is 0 Å². The summed E-state index contributed by atoms with van der Waals surface area (Å²) in [7, 11) is 0. The van der Waals surface area contributed by atoms with Gasteiger partial charge in [0.25, 0.3) is 0 Å². The van der Waals surface area contributed by atoms with Crippen LogP contribution in [-0.4, -0.2) is 9.97 Å². The number of aromatic amines is 1. The second-order valence-corrected chi connectivity index (χ2v) is 5.75. The van der Waals surface area contributed by atoms with Crippen LogP contribution in [0.1, 0.15) is 28.1 Å². The molecular formula is C18H20N2O. The van der Waals surface area contributed by atoms with Crippen LogP contribution < -0.4 is 4.74 Å². The lowest BCUT2D eigenvalue weighted by molar-refractivity contribution is 0.297. The number of nitrogens with zero attached hydrogens (tertiary/aromatic N) is 1. The van der Waals surface area contributed by atoms with E-state index in [0.717, 1.165) is 22.6 Å². The number of ether oxygens (including phenoxy) is 1. The molecule has 0 aliphatic heterocycles. The molecule has 3 rings (SSSR count). The molecule has 108 valence electrons. The Hall–Kier alpha value is -2.29. The minimum absolute atomic E-state index is 0.454. The van der Waals surface area contributed by atoms with Crippen molar-refractivity contribution in [2.24, 2.45) is 0 Å². The van der Waals surface area contributed by atoms with E-state index >= 15 is 0 Å². The maximum Gasteiger partial charge on any atom is 0.146 e. The predicted octanol–water partition coefficient (Wildman–Crippen LogP) is 4.38. The second-order valence-electron chi connectivity index (χ2n) is 5.75. The first-order chi connectivity index (χ1) is 10.0. The summed E-state index contributed by atoms with van der Waals surface area (Å²) in [4.78, 5) is 7.92. The van der Waals surface area contributed by atoms with Crippen molar-refractivity contribution < 1.29 is 4.74 Å². The first-order valence-corrected chi connectivity index (χ1v) is 7.18. The average Bonchev–Trinajstić information content (AvgIpc) is 2.78. The van der Waals surface area contributed by atoms with Gasteiger partial charge < -0.3 is 9.72 Å². The zero-order valence-electron chi connectivity index (χ0n) is 12.9. The third kappa shape index (κ3) is 2.92. The van der Waals surface area contributed by atoms with Gasteiger partial charge in [-0.3, -0.25) is 0 Å². The summed E-state index contributed by atoms with van der Waals surface area (Å²) in [5.41, 5.74) is 7.01. The number of imidazole rings is 1. The number of aryl methyl sites for hydroxylation is 4. The van der Waals surface area contributed by atoms with E-state index in [1.807, 2.05) is 12.1 Å². The summed E-state index contributed by atoms with van der Waals surface area (Å²) < 4.78 is 5.85. The molecule has 0 amide bonds. The van der Waals surface area contributed by atoms with Crippen molar-refractivity contribution in [1.29, 1.82) is 0 Å². The van der Waals surface area contributed by atoms with E-state index in [0.29, 0.717) is 6.61 Å². The van der Waals surface area contributed by atoms with E-state index in [4.69, 9.17) is 4.74 Å². The number of hydrogen-bond acceptors (Lipinski definition) is 2. The van der Waals surface area contributed by atoms with Crippen molar-refractivity contribution in [2.45, 2.75) is 34.3 Å². The molecule has 0 saturated carbocycles. The zero-order valence-corrected chi connectivity index (χ0v) is 12.9. The highest BCUT2D eigenvalue weighted by Crippen LogP contribution is 2.20. The van der Waals surface area contributed by atoms with Crippen LogP contribution in [0.25, 0.3) is 11.0 Å². The molecule has 3 heteroatoms. The lowest BCUT2D eigenvalue weighted by atomic mass is 10.1. The standard InChI is InChI=1S/C18H20N2O/c1-11-5-12(2)7-15(6-11)21-10-18-19-16-8-13(3)14(4)9-17(16)20-18/h5-9H,10H2,1-4H3,(H,19,20). The third-order valence-corrected chi connectivity index (χ3v) is 3.72. The minimum atomic E-state index is 0.454. The van der Waals surface area contributed by atoms with Gasteiger partial charge in [-0.05, 0) is 74.2 Å². The first-order valence-electron chi connectivity index (χ1n) is 7.18. The topological polar surface area (TPSA) is 37.9 Å². The Morgan fingerprint density at radius 3 is 2.29 bits per heavy atom. The van der Waals surface area contributed by atoms with Crippen LogP contribution >= 0.6 is 0 Å². The van der Waals surface area contributed by atoms with Gasteiger partial charge in [-0.1, -0.05) is 6.07 Å². The molecule has 0 spiro atoms. The first kappa shape index (κ1) is 13.7. The van der Waals surface area contributed by atoms with Gasteiger partial charge in [0.05, 0.1) is 11.0 Å². The van der Waals surface area contributed by atoms with Crippen molar-refractivity contribution in [3.63, 3.8) is 0 Å². The molecule has 2 aromatic carbocycles. The van der Waals surface area contributed by atoms with Crippen LogP contribution in [0.15, 0.2) is 30.3 Å². The summed E-state index contributed by atoms with van der Waals surface area (Å²) in [6.07, 6.45) is 0. The minimum Gasteiger partial charge on any atom is -0.486 e. The number of nitrogens with one attached hydrogen (secondary N) is 1. The van der Waals surface area contributed by atoms with Crippen molar-refractivity contribution in [1.82, 2.24) is 9.97 Å². The Bertz CT molecular complexity index is 743. The maximum atomic E-state index is 5.85. The highest BCUT2D eigenvalue weighted by atomic mass is 16.5. The van der Waals surface area contributed by atoms with Crippen LogP contribution in [-0.2, 0) is 6.61 Å². The van der Waals surface area contributed by atoms with Gasteiger partial charge in [-0.25, -0.2) is 4.98 Å². The summed E-state index contributed by atoms with van der Waals surface area (Å²) >= 11 is 0. The third-order valence-electron chi connectivity index (χ3n) is 3.72. The van der Waals surface area contributed by atoms with Gasteiger partial charge in [0, 0.05) is 0 Å². The van der Waals surface area contributed by atoms with Crippen LogP contribution in [0.4, 0.5) is 0 Å². The molecule has 0 unspecified atom stereocenters. The van der Waals surface area contributed by atoms with E-state index in [9.17, 15) is 0 Å². The Morgan fingerprint density at radius 1 is 0.905 bits per heavy atom. The van der Waals surface area contributed by atoms with Crippen molar-refractivity contribution >= 4 is 11.0 Å². The fourth-order valence-electron chi connectivity index (χ4n) is 2.56. The fourth-order valence-corrected chi connectivity index (χ4v) is 2.56. The number of hydrogen-bond donors (Lipinski definition) is 1. The van der Waals surface area contributed by atoms with Gasteiger partial charge in [-0.15, -0.1) is 0 Å². The quantitative estimate of drug-likeness (QED) is 0.773. The normalized spacial score (nSPS) is 11.0. The lowest BCUT2D eigenvalue weighted by Crippen LogP contribution is -1.98. The van der Waals surface area contributed by atoms with Crippen molar-refractivity contribution in [3.8, 4) is 5.75 Å². The SMILES string of the molecule is Cc1cc(C)cc(OCc2nc3cc(C)c(C)cc3[nH]2)c1. The molecule has 0 fully saturated rings. The Labute approximate surface area is 125 Å². The summed E-state index contributed by atoms with van der Waals surface area (Å²) in [6.45, 7) is 8.82. The average molecular weight is 280 g/mol. The molecule has 3 aromatic rings. The molecule has 0 radical (unpaired) electrons. The van der Waals surface area contributed by atoms with Crippen LogP contribution in [0.2, 0.25) is 0 Å². The number of aromatic nitrogens is 2. The number of benzene rings is 2. The molecule has 1 aromatic heterocycles. The molecule has 1 heterocycles. The molecule has 21 heavy (non-hydrogen) atoms. The number of rotatable bonds is 3. The summed E-state index contributed by atoms with van der Waals surface area (Å²) in [5, 5.41) is 0. The zero-order chi connectivity index (χ0) is 15.0. The molecule has 0 atom stereocenters. The summed E-state index contributed by atoms with van der Waals surface area (Å²) in [6, 6.07) is 10.5. The lowest BCUT2D eigenvalue weighted by Gasteiger charge is -2.06. The molecule has 0 bridgehead atoms. The van der Waals surface area contributed by atoms with Gasteiger partial charge in [0.2, 0.25) is 0 Å². The predicted molar refractivity (Wildman–Crippen MR) is 85.8 cm³/mol. The smallest absolute Gasteiger partial charge is 0.146 e.